The van der Waals surface area contributed by atoms with Crippen molar-refractivity contribution in [1.29, 1.82) is 0 Å². The van der Waals surface area contributed by atoms with Gasteiger partial charge in [0.25, 0.3) is 0 Å². The number of hydrogen-bond acceptors (Lipinski definition) is 2. The molecular formula is C11H14ClNO. The molecule has 1 unspecified atom stereocenters. The second kappa shape index (κ2) is 4.20. The van der Waals surface area contributed by atoms with Gasteiger partial charge in [0.2, 0.25) is 0 Å². The first kappa shape index (κ1) is 9.81. The van der Waals surface area contributed by atoms with E-state index in [9.17, 15) is 0 Å². The molecule has 1 aliphatic rings. The number of halogens is 1. The number of benzene rings is 1. The van der Waals surface area contributed by atoms with E-state index in [-0.39, 0.29) is 0 Å². The van der Waals surface area contributed by atoms with Crippen LogP contribution >= 0.6 is 11.6 Å². The van der Waals surface area contributed by atoms with Gasteiger partial charge in [-0.05, 0) is 30.2 Å². The number of anilines is 1. The van der Waals surface area contributed by atoms with Crippen molar-refractivity contribution in [3.05, 3.63) is 28.8 Å². The van der Waals surface area contributed by atoms with Crippen molar-refractivity contribution < 1.29 is 4.74 Å². The van der Waals surface area contributed by atoms with E-state index in [1.54, 1.807) is 0 Å². The molecule has 14 heavy (non-hydrogen) atoms. The highest BCUT2D eigenvalue weighted by Gasteiger charge is 2.18. The van der Waals surface area contributed by atoms with Crippen molar-refractivity contribution in [1.82, 2.24) is 0 Å². The quantitative estimate of drug-likeness (QED) is 0.812. The molecule has 2 nitrogen and oxygen atoms in total. The normalized spacial score (nSPS) is 21.1. The van der Waals surface area contributed by atoms with E-state index in [0.29, 0.717) is 5.92 Å². The van der Waals surface area contributed by atoms with Gasteiger partial charge in [-0.2, -0.15) is 0 Å². The molecule has 2 rings (SSSR count). The van der Waals surface area contributed by atoms with Crippen LogP contribution in [0, 0.1) is 0 Å². The third-order valence-corrected chi connectivity index (χ3v) is 2.83. The first-order chi connectivity index (χ1) is 6.79. The Labute approximate surface area is 89.2 Å². The first-order valence-corrected chi connectivity index (χ1v) is 5.23. The minimum Gasteiger partial charge on any atom is -0.388 e. The Morgan fingerprint density at radius 2 is 2.29 bits per heavy atom. The zero-order valence-corrected chi connectivity index (χ0v) is 8.97. The highest BCUT2D eigenvalue weighted by atomic mass is 35.5. The van der Waals surface area contributed by atoms with Gasteiger partial charge >= 0.3 is 0 Å². The summed E-state index contributed by atoms with van der Waals surface area (Å²) in [5.74, 6) is 0.515. The number of nitrogens with one attached hydrogen (secondary N) is 1. The van der Waals surface area contributed by atoms with Crippen molar-refractivity contribution in [3.63, 3.8) is 0 Å². The standard InChI is InChI=1S/C11H14ClNO/c1-13-11-5-9(4-10(12)6-11)8-2-3-14-7-8/h4-6,8,13H,2-3,7H2,1H3. The van der Waals surface area contributed by atoms with Crippen LogP contribution in [0.4, 0.5) is 5.69 Å². The summed E-state index contributed by atoms with van der Waals surface area (Å²) in [6.07, 6.45) is 1.10. The molecule has 1 N–H and O–H groups in total. The zero-order chi connectivity index (χ0) is 9.97. The van der Waals surface area contributed by atoms with E-state index in [1.165, 1.54) is 5.56 Å². The van der Waals surface area contributed by atoms with Crippen LogP contribution in [-0.4, -0.2) is 20.3 Å². The summed E-state index contributed by atoms with van der Waals surface area (Å²) in [4.78, 5) is 0. The molecule has 0 aromatic heterocycles. The SMILES string of the molecule is CNc1cc(Cl)cc(C2CCOC2)c1. The van der Waals surface area contributed by atoms with Crippen molar-refractivity contribution in [3.8, 4) is 0 Å². The molecule has 0 saturated carbocycles. The second-order valence-corrected chi connectivity index (χ2v) is 4.02. The lowest BCUT2D eigenvalue weighted by molar-refractivity contribution is 0.194. The molecule has 1 saturated heterocycles. The van der Waals surface area contributed by atoms with E-state index in [0.717, 1.165) is 30.3 Å². The average Bonchev–Trinajstić information content (AvgIpc) is 2.69. The Kier molecular flexibility index (Phi) is 2.94. The van der Waals surface area contributed by atoms with Gasteiger partial charge in [0, 0.05) is 30.3 Å². The van der Waals surface area contributed by atoms with Gasteiger partial charge in [0.15, 0.2) is 0 Å². The molecule has 0 amide bonds. The average molecular weight is 212 g/mol. The lowest BCUT2D eigenvalue weighted by Crippen LogP contribution is -1.99. The van der Waals surface area contributed by atoms with E-state index >= 15 is 0 Å². The first-order valence-electron chi connectivity index (χ1n) is 4.85. The fraction of sp³-hybridized carbons (Fsp3) is 0.455. The van der Waals surface area contributed by atoms with Crippen molar-refractivity contribution in [2.45, 2.75) is 12.3 Å². The molecule has 1 fully saturated rings. The predicted molar refractivity (Wildman–Crippen MR) is 59.2 cm³/mol. The van der Waals surface area contributed by atoms with Crippen LogP contribution in [0.3, 0.4) is 0 Å². The van der Waals surface area contributed by atoms with Gasteiger partial charge in [-0.1, -0.05) is 11.6 Å². The molecule has 0 spiro atoms. The van der Waals surface area contributed by atoms with Crippen LogP contribution < -0.4 is 5.32 Å². The summed E-state index contributed by atoms with van der Waals surface area (Å²) in [6, 6.07) is 6.10. The molecule has 0 aliphatic carbocycles. The van der Waals surface area contributed by atoms with Crippen molar-refractivity contribution in [2.75, 3.05) is 25.6 Å². The smallest absolute Gasteiger partial charge is 0.0535 e. The van der Waals surface area contributed by atoms with Gasteiger partial charge in [0.05, 0.1) is 6.61 Å². The largest absolute Gasteiger partial charge is 0.388 e. The summed E-state index contributed by atoms with van der Waals surface area (Å²) in [6.45, 7) is 1.69. The van der Waals surface area contributed by atoms with Crippen molar-refractivity contribution >= 4 is 17.3 Å². The van der Waals surface area contributed by atoms with Gasteiger partial charge in [-0.15, -0.1) is 0 Å². The highest BCUT2D eigenvalue weighted by Crippen LogP contribution is 2.29. The Hall–Kier alpha value is -0.730. The van der Waals surface area contributed by atoms with Crippen LogP contribution in [-0.2, 0) is 4.74 Å². The molecule has 76 valence electrons. The highest BCUT2D eigenvalue weighted by molar-refractivity contribution is 6.30. The third-order valence-electron chi connectivity index (χ3n) is 2.61. The molecule has 0 radical (unpaired) electrons. The topological polar surface area (TPSA) is 21.3 Å². The zero-order valence-electron chi connectivity index (χ0n) is 8.22. The monoisotopic (exact) mass is 211 g/mol. The Morgan fingerprint density at radius 1 is 1.43 bits per heavy atom. The molecule has 0 bridgehead atoms. The van der Waals surface area contributed by atoms with E-state index in [4.69, 9.17) is 16.3 Å². The Bertz CT molecular complexity index is 321. The molecule has 1 aromatic rings. The van der Waals surface area contributed by atoms with Crippen LogP contribution in [0.25, 0.3) is 0 Å². The van der Waals surface area contributed by atoms with Crippen LogP contribution in [0.15, 0.2) is 18.2 Å². The Balaban J connectivity index is 2.27. The van der Waals surface area contributed by atoms with Crippen LogP contribution in [0.5, 0.6) is 0 Å². The molecular weight excluding hydrogens is 198 g/mol. The van der Waals surface area contributed by atoms with Gasteiger partial charge in [-0.3, -0.25) is 0 Å². The lowest BCUT2D eigenvalue weighted by Gasteiger charge is -2.10. The molecule has 1 aliphatic heterocycles. The summed E-state index contributed by atoms with van der Waals surface area (Å²) >= 11 is 6.03. The van der Waals surface area contributed by atoms with E-state index < -0.39 is 0 Å². The summed E-state index contributed by atoms with van der Waals surface area (Å²) < 4.78 is 5.36. The predicted octanol–water partition coefficient (Wildman–Crippen LogP) is 2.89. The van der Waals surface area contributed by atoms with Gasteiger partial charge < -0.3 is 10.1 Å². The maximum Gasteiger partial charge on any atom is 0.0535 e. The molecule has 1 atom stereocenters. The summed E-state index contributed by atoms with van der Waals surface area (Å²) in [5.41, 5.74) is 2.35. The second-order valence-electron chi connectivity index (χ2n) is 3.58. The van der Waals surface area contributed by atoms with Crippen LogP contribution in [0.2, 0.25) is 5.02 Å². The summed E-state index contributed by atoms with van der Waals surface area (Å²) in [5, 5.41) is 3.90. The fourth-order valence-corrected chi connectivity index (χ4v) is 2.03. The van der Waals surface area contributed by atoms with Gasteiger partial charge in [0.1, 0.15) is 0 Å². The number of rotatable bonds is 2. The minimum atomic E-state index is 0.515. The number of hydrogen-bond donors (Lipinski definition) is 1. The third kappa shape index (κ3) is 2.02. The number of ether oxygens (including phenoxy) is 1. The minimum absolute atomic E-state index is 0.515. The van der Waals surface area contributed by atoms with Crippen molar-refractivity contribution in [2.24, 2.45) is 0 Å². The van der Waals surface area contributed by atoms with Crippen LogP contribution in [0.1, 0.15) is 17.9 Å². The fourth-order valence-electron chi connectivity index (χ4n) is 1.79. The Morgan fingerprint density at radius 3 is 2.93 bits per heavy atom. The van der Waals surface area contributed by atoms with Gasteiger partial charge in [-0.25, -0.2) is 0 Å². The molecule has 3 heteroatoms. The van der Waals surface area contributed by atoms with E-state index in [2.05, 4.69) is 11.4 Å². The maximum atomic E-state index is 6.03. The molecule has 1 heterocycles. The summed E-state index contributed by atoms with van der Waals surface area (Å²) in [7, 11) is 1.90. The van der Waals surface area contributed by atoms with E-state index in [1.807, 2.05) is 19.2 Å². The maximum absolute atomic E-state index is 6.03. The lowest BCUT2D eigenvalue weighted by atomic mass is 9.98. The molecule has 1 aromatic carbocycles.